The van der Waals surface area contributed by atoms with Gasteiger partial charge in [0, 0.05) is 6.42 Å². The predicted molar refractivity (Wildman–Crippen MR) is 74.8 cm³/mol. The van der Waals surface area contributed by atoms with Crippen LogP contribution in [0.2, 0.25) is 0 Å². The van der Waals surface area contributed by atoms with Crippen LogP contribution in [0, 0.1) is 0 Å². The average Bonchev–Trinajstić information content (AvgIpc) is 2.81. The molecule has 0 saturated carbocycles. The molecule has 0 atom stereocenters. The van der Waals surface area contributed by atoms with Gasteiger partial charge in [-0.3, -0.25) is 0 Å². The summed E-state index contributed by atoms with van der Waals surface area (Å²) in [5.74, 6) is 2.01. The quantitative estimate of drug-likeness (QED) is 0.703. The van der Waals surface area contributed by atoms with Gasteiger partial charge in [-0.15, -0.1) is 0 Å². The summed E-state index contributed by atoms with van der Waals surface area (Å²) in [5, 5.41) is 0. The fourth-order valence-electron chi connectivity index (χ4n) is 2.45. The molecular formula is C16H22O3. The number of hydrogen-bond acceptors (Lipinski definition) is 3. The minimum atomic E-state index is 0.277. The standard InChI is InChI=1S/C16H22O3/c1-3-6-13-9-15-16(19-11-18-15)10-14(13)8-5-4-7-12(2)17/h9-10H,3-8,11H2,1-2H3. The van der Waals surface area contributed by atoms with Crippen molar-refractivity contribution in [1.29, 1.82) is 0 Å². The van der Waals surface area contributed by atoms with Crippen molar-refractivity contribution in [2.24, 2.45) is 0 Å². The number of fused-ring (bicyclic) bond motifs is 1. The van der Waals surface area contributed by atoms with Crippen molar-refractivity contribution >= 4 is 5.78 Å². The molecule has 0 bridgehead atoms. The Bertz CT molecular complexity index is 452. The molecule has 3 nitrogen and oxygen atoms in total. The SMILES string of the molecule is CCCc1cc2c(cc1CCCCC(C)=O)OCO2. The van der Waals surface area contributed by atoms with Crippen molar-refractivity contribution in [3.8, 4) is 11.5 Å². The molecule has 1 aromatic carbocycles. The molecule has 104 valence electrons. The number of hydrogen-bond donors (Lipinski definition) is 0. The van der Waals surface area contributed by atoms with Crippen molar-refractivity contribution in [3.63, 3.8) is 0 Å². The van der Waals surface area contributed by atoms with Crippen LogP contribution in [-0.4, -0.2) is 12.6 Å². The molecule has 0 unspecified atom stereocenters. The Balaban J connectivity index is 2.03. The van der Waals surface area contributed by atoms with E-state index in [0.717, 1.165) is 43.6 Å². The highest BCUT2D eigenvalue weighted by Gasteiger charge is 2.16. The van der Waals surface area contributed by atoms with Crippen LogP contribution in [0.25, 0.3) is 0 Å². The van der Waals surface area contributed by atoms with Crippen molar-refractivity contribution < 1.29 is 14.3 Å². The van der Waals surface area contributed by atoms with E-state index in [2.05, 4.69) is 19.1 Å². The maximum Gasteiger partial charge on any atom is 0.231 e. The normalized spacial score (nSPS) is 12.7. The van der Waals surface area contributed by atoms with Gasteiger partial charge in [-0.2, -0.15) is 0 Å². The predicted octanol–water partition coefficient (Wildman–Crippen LogP) is 3.67. The van der Waals surface area contributed by atoms with E-state index in [1.54, 1.807) is 6.92 Å². The van der Waals surface area contributed by atoms with Gasteiger partial charge < -0.3 is 14.3 Å². The fraction of sp³-hybridized carbons (Fsp3) is 0.562. The van der Waals surface area contributed by atoms with Gasteiger partial charge in [0.2, 0.25) is 6.79 Å². The van der Waals surface area contributed by atoms with Crippen LogP contribution < -0.4 is 9.47 Å². The topological polar surface area (TPSA) is 35.5 Å². The van der Waals surface area contributed by atoms with E-state index in [-0.39, 0.29) is 5.78 Å². The molecule has 0 aromatic heterocycles. The molecule has 3 heteroatoms. The van der Waals surface area contributed by atoms with Gasteiger partial charge in [0.1, 0.15) is 5.78 Å². The molecule has 0 amide bonds. The Morgan fingerprint density at radius 3 is 2.32 bits per heavy atom. The molecule has 1 aromatic rings. The van der Waals surface area contributed by atoms with Crippen LogP contribution in [0.5, 0.6) is 11.5 Å². The van der Waals surface area contributed by atoms with E-state index in [4.69, 9.17) is 9.47 Å². The number of carbonyl (C=O) groups excluding carboxylic acids is 1. The molecule has 0 radical (unpaired) electrons. The molecule has 1 heterocycles. The lowest BCUT2D eigenvalue weighted by Gasteiger charge is -2.10. The number of ether oxygens (including phenoxy) is 2. The van der Waals surface area contributed by atoms with Crippen LogP contribution in [0.15, 0.2) is 12.1 Å². The Hall–Kier alpha value is -1.51. The number of carbonyl (C=O) groups is 1. The van der Waals surface area contributed by atoms with E-state index in [1.165, 1.54) is 11.1 Å². The number of aryl methyl sites for hydroxylation is 2. The third kappa shape index (κ3) is 3.72. The first kappa shape index (κ1) is 13.9. The summed E-state index contributed by atoms with van der Waals surface area (Å²) in [7, 11) is 0. The minimum absolute atomic E-state index is 0.277. The van der Waals surface area contributed by atoms with Crippen LogP contribution in [0.3, 0.4) is 0 Å². The Kier molecular flexibility index (Phi) is 4.83. The Labute approximate surface area is 114 Å². The van der Waals surface area contributed by atoms with Gasteiger partial charge in [0.05, 0.1) is 0 Å². The van der Waals surface area contributed by atoms with Crippen molar-refractivity contribution in [2.75, 3.05) is 6.79 Å². The third-order valence-electron chi connectivity index (χ3n) is 3.44. The van der Waals surface area contributed by atoms with Gasteiger partial charge >= 0.3 is 0 Å². The molecule has 1 aliphatic heterocycles. The number of benzene rings is 1. The van der Waals surface area contributed by atoms with E-state index < -0.39 is 0 Å². The maximum absolute atomic E-state index is 10.9. The molecular weight excluding hydrogens is 240 g/mol. The van der Waals surface area contributed by atoms with Crippen LogP contribution in [0.4, 0.5) is 0 Å². The first-order valence-electron chi connectivity index (χ1n) is 7.11. The number of rotatable bonds is 7. The molecule has 0 spiro atoms. The van der Waals surface area contributed by atoms with Gasteiger partial charge in [-0.05, 0) is 55.9 Å². The van der Waals surface area contributed by atoms with Crippen LogP contribution in [0.1, 0.15) is 50.7 Å². The summed E-state index contributed by atoms with van der Waals surface area (Å²) in [6.07, 6.45) is 5.91. The van der Waals surface area contributed by atoms with Gasteiger partial charge in [0.25, 0.3) is 0 Å². The summed E-state index contributed by atoms with van der Waals surface area (Å²) in [4.78, 5) is 10.9. The second kappa shape index (κ2) is 6.60. The summed E-state index contributed by atoms with van der Waals surface area (Å²) in [5.41, 5.74) is 2.70. The van der Waals surface area contributed by atoms with Gasteiger partial charge in [-0.25, -0.2) is 0 Å². The minimum Gasteiger partial charge on any atom is -0.454 e. The lowest BCUT2D eigenvalue weighted by molar-refractivity contribution is -0.117. The van der Waals surface area contributed by atoms with E-state index in [9.17, 15) is 4.79 Å². The number of Topliss-reactive ketones (excluding diaryl/α,β-unsaturated/α-hetero) is 1. The van der Waals surface area contributed by atoms with Crippen LogP contribution in [-0.2, 0) is 17.6 Å². The van der Waals surface area contributed by atoms with E-state index in [0.29, 0.717) is 13.2 Å². The summed E-state index contributed by atoms with van der Waals surface area (Å²) >= 11 is 0. The summed E-state index contributed by atoms with van der Waals surface area (Å²) < 4.78 is 10.9. The zero-order chi connectivity index (χ0) is 13.7. The monoisotopic (exact) mass is 262 g/mol. The molecule has 0 aliphatic carbocycles. The third-order valence-corrected chi connectivity index (χ3v) is 3.44. The van der Waals surface area contributed by atoms with Crippen molar-refractivity contribution in [1.82, 2.24) is 0 Å². The van der Waals surface area contributed by atoms with E-state index >= 15 is 0 Å². The average molecular weight is 262 g/mol. The maximum atomic E-state index is 10.9. The summed E-state index contributed by atoms with van der Waals surface area (Å²) in [6.45, 7) is 4.17. The molecule has 1 aliphatic rings. The second-order valence-corrected chi connectivity index (χ2v) is 5.13. The zero-order valence-electron chi connectivity index (χ0n) is 11.8. The number of ketones is 1. The zero-order valence-corrected chi connectivity index (χ0v) is 11.8. The van der Waals surface area contributed by atoms with Crippen molar-refractivity contribution in [2.45, 2.75) is 52.4 Å². The molecule has 0 fully saturated rings. The number of unbranched alkanes of at least 4 members (excludes halogenated alkanes) is 1. The fourth-order valence-corrected chi connectivity index (χ4v) is 2.45. The van der Waals surface area contributed by atoms with Gasteiger partial charge in [0.15, 0.2) is 11.5 Å². The lowest BCUT2D eigenvalue weighted by Crippen LogP contribution is -1.96. The highest BCUT2D eigenvalue weighted by molar-refractivity contribution is 5.75. The highest BCUT2D eigenvalue weighted by Crippen LogP contribution is 2.35. The molecule has 2 rings (SSSR count). The first-order valence-corrected chi connectivity index (χ1v) is 7.11. The second-order valence-electron chi connectivity index (χ2n) is 5.13. The summed E-state index contributed by atoms with van der Waals surface area (Å²) in [6, 6.07) is 4.23. The lowest BCUT2D eigenvalue weighted by atomic mass is 9.97. The van der Waals surface area contributed by atoms with Crippen LogP contribution >= 0.6 is 0 Å². The first-order chi connectivity index (χ1) is 9.20. The van der Waals surface area contributed by atoms with Gasteiger partial charge in [-0.1, -0.05) is 13.3 Å². The van der Waals surface area contributed by atoms with E-state index in [1.807, 2.05) is 0 Å². The molecule has 0 N–H and O–H groups in total. The Morgan fingerprint density at radius 2 is 1.74 bits per heavy atom. The molecule has 19 heavy (non-hydrogen) atoms. The largest absolute Gasteiger partial charge is 0.454 e. The van der Waals surface area contributed by atoms with Crippen molar-refractivity contribution in [3.05, 3.63) is 23.3 Å². The Morgan fingerprint density at radius 1 is 1.11 bits per heavy atom. The molecule has 0 saturated heterocycles. The smallest absolute Gasteiger partial charge is 0.231 e. The highest BCUT2D eigenvalue weighted by atomic mass is 16.7.